The van der Waals surface area contributed by atoms with E-state index >= 15 is 0 Å². The van der Waals surface area contributed by atoms with Gasteiger partial charge in [0, 0.05) is 7.11 Å². The van der Waals surface area contributed by atoms with Crippen molar-refractivity contribution in [1.82, 2.24) is 0 Å². The van der Waals surface area contributed by atoms with Crippen LogP contribution >= 0.6 is 0 Å². The van der Waals surface area contributed by atoms with Crippen molar-refractivity contribution >= 4 is 6.72 Å². The Labute approximate surface area is 74.7 Å². The van der Waals surface area contributed by atoms with Crippen molar-refractivity contribution in [2.45, 2.75) is 13.3 Å². The number of ether oxygens (including phenoxy) is 1. The second kappa shape index (κ2) is 8.21. The molecule has 0 unspecified atom stereocenters. The Morgan fingerprint density at radius 1 is 1.58 bits per heavy atom. The molecular weight excluding hydrogens is 150 g/mol. The zero-order chi connectivity index (χ0) is 9.23. The van der Waals surface area contributed by atoms with E-state index in [2.05, 4.69) is 24.7 Å². The predicted octanol–water partition coefficient (Wildman–Crippen LogP) is 2.23. The Kier molecular flexibility index (Phi) is 7.60. The molecule has 0 heterocycles. The highest BCUT2D eigenvalue weighted by atomic mass is 16.5. The largest absolute Gasteiger partial charge is 0.380 e. The van der Waals surface area contributed by atoms with E-state index in [1.807, 2.05) is 12.2 Å². The Morgan fingerprint density at radius 2 is 2.33 bits per heavy atom. The maximum Gasteiger partial charge on any atom is 0.0675 e. The van der Waals surface area contributed by atoms with Crippen molar-refractivity contribution in [2.24, 2.45) is 4.99 Å². The zero-order valence-corrected chi connectivity index (χ0v) is 7.92. The molecule has 12 heavy (non-hydrogen) atoms. The molecule has 0 aromatic carbocycles. The minimum absolute atomic E-state index is 0.681. The molecule has 68 valence electrons. The summed E-state index contributed by atoms with van der Waals surface area (Å²) in [5.74, 6) is 0. The summed E-state index contributed by atoms with van der Waals surface area (Å²) >= 11 is 0. The SMILES string of the molecule is C=NC/C=C\C=C(/CC)COC. The van der Waals surface area contributed by atoms with E-state index in [-0.39, 0.29) is 0 Å². The summed E-state index contributed by atoms with van der Waals surface area (Å²) in [5.41, 5.74) is 1.29. The molecular formula is C10H17NO. The molecule has 0 aliphatic carbocycles. The summed E-state index contributed by atoms with van der Waals surface area (Å²) in [6, 6.07) is 0. The first-order valence-electron chi connectivity index (χ1n) is 4.11. The van der Waals surface area contributed by atoms with Gasteiger partial charge in [0.2, 0.25) is 0 Å². The summed E-state index contributed by atoms with van der Waals surface area (Å²) in [5, 5.41) is 0. The first-order valence-corrected chi connectivity index (χ1v) is 4.11. The van der Waals surface area contributed by atoms with Crippen LogP contribution in [0.1, 0.15) is 13.3 Å². The van der Waals surface area contributed by atoms with Crippen LogP contribution in [0.3, 0.4) is 0 Å². The van der Waals surface area contributed by atoms with Crippen LogP contribution in [0.5, 0.6) is 0 Å². The lowest BCUT2D eigenvalue weighted by molar-refractivity contribution is 0.223. The van der Waals surface area contributed by atoms with Crippen LogP contribution in [0, 0.1) is 0 Å². The summed E-state index contributed by atoms with van der Waals surface area (Å²) in [6.07, 6.45) is 7.05. The molecule has 2 heteroatoms. The third kappa shape index (κ3) is 5.86. The van der Waals surface area contributed by atoms with Gasteiger partial charge in [-0.1, -0.05) is 25.2 Å². The topological polar surface area (TPSA) is 21.6 Å². The molecule has 0 saturated carbocycles. The standard InChI is InChI=1S/C10H17NO/c1-4-10(9-12-3)7-5-6-8-11-2/h5-7H,2,4,8-9H2,1,3H3/b6-5-,10-7+. The maximum absolute atomic E-state index is 5.01. The molecule has 0 fully saturated rings. The van der Waals surface area contributed by atoms with Crippen LogP contribution in [-0.2, 0) is 4.74 Å². The minimum Gasteiger partial charge on any atom is -0.380 e. The lowest BCUT2D eigenvalue weighted by atomic mass is 10.2. The fourth-order valence-electron chi connectivity index (χ4n) is 0.793. The Hall–Kier alpha value is -0.890. The van der Waals surface area contributed by atoms with Gasteiger partial charge >= 0.3 is 0 Å². The van der Waals surface area contributed by atoms with Crippen LogP contribution < -0.4 is 0 Å². The van der Waals surface area contributed by atoms with Gasteiger partial charge in [0.05, 0.1) is 13.2 Å². The van der Waals surface area contributed by atoms with Crippen molar-refractivity contribution in [2.75, 3.05) is 20.3 Å². The lowest BCUT2D eigenvalue weighted by Crippen LogP contribution is -1.91. The van der Waals surface area contributed by atoms with Gasteiger partial charge in [-0.2, -0.15) is 0 Å². The summed E-state index contributed by atoms with van der Waals surface area (Å²) in [7, 11) is 1.71. The number of hydrogen-bond donors (Lipinski definition) is 0. The molecule has 0 atom stereocenters. The number of allylic oxidation sites excluding steroid dienone is 2. The number of nitrogens with zero attached hydrogens (tertiary/aromatic N) is 1. The van der Waals surface area contributed by atoms with Crippen LogP contribution in [0.25, 0.3) is 0 Å². The fraction of sp³-hybridized carbons (Fsp3) is 0.500. The van der Waals surface area contributed by atoms with Crippen LogP contribution in [-0.4, -0.2) is 27.0 Å². The maximum atomic E-state index is 5.01. The molecule has 0 bridgehead atoms. The van der Waals surface area contributed by atoms with Gasteiger partial charge in [0.25, 0.3) is 0 Å². The van der Waals surface area contributed by atoms with Crippen LogP contribution in [0.4, 0.5) is 0 Å². The highest BCUT2D eigenvalue weighted by Crippen LogP contribution is 2.00. The molecule has 0 spiro atoms. The summed E-state index contributed by atoms with van der Waals surface area (Å²) < 4.78 is 5.01. The molecule has 0 aliphatic heterocycles. The second-order valence-electron chi connectivity index (χ2n) is 2.45. The lowest BCUT2D eigenvalue weighted by Gasteiger charge is -1.99. The van der Waals surface area contributed by atoms with Crippen molar-refractivity contribution < 1.29 is 4.74 Å². The van der Waals surface area contributed by atoms with E-state index < -0.39 is 0 Å². The quantitative estimate of drug-likeness (QED) is 0.439. The molecule has 0 amide bonds. The first kappa shape index (κ1) is 11.1. The van der Waals surface area contributed by atoms with Gasteiger partial charge in [0.15, 0.2) is 0 Å². The number of hydrogen-bond acceptors (Lipinski definition) is 2. The van der Waals surface area contributed by atoms with Crippen molar-refractivity contribution in [3.05, 3.63) is 23.8 Å². The zero-order valence-electron chi connectivity index (χ0n) is 7.92. The van der Waals surface area contributed by atoms with E-state index in [1.54, 1.807) is 7.11 Å². The number of aliphatic imine (C=N–C) groups is 1. The fourth-order valence-corrected chi connectivity index (χ4v) is 0.793. The highest BCUT2D eigenvalue weighted by Gasteiger charge is 1.88. The van der Waals surface area contributed by atoms with Crippen molar-refractivity contribution in [3.63, 3.8) is 0 Å². The first-order chi connectivity index (χ1) is 5.85. The number of rotatable bonds is 6. The molecule has 0 aromatic heterocycles. The van der Waals surface area contributed by atoms with E-state index in [0.717, 1.165) is 6.42 Å². The Bertz CT molecular complexity index is 171. The third-order valence-electron chi connectivity index (χ3n) is 1.49. The summed E-state index contributed by atoms with van der Waals surface area (Å²) in [4.78, 5) is 3.71. The van der Waals surface area contributed by atoms with Gasteiger partial charge in [0.1, 0.15) is 0 Å². The second-order valence-corrected chi connectivity index (χ2v) is 2.45. The Morgan fingerprint density at radius 3 is 2.83 bits per heavy atom. The van der Waals surface area contributed by atoms with E-state index in [9.17, 15) is 0 Å². The van der Waals surface area contributed by atoms with Crippen molar-refractivity contribution in [1.29, 1.82) is 0 Å². The minimum atomic E-state index is 0.681. The molecule has 0 saturated heterocycles. The average molecular weight is 167 g/mol. The molecule has 0 aromatic rings. The smallest absolute Gasteiger partial charge is 0.0675 e. The van der Waals surface area contributed by atoms with Gasteiger partial charge < -0.3 is 4.74 Å². The van der Waals surface area contributed by atoms with E-state index in [4.69, 9.17) is 4.74 Å². The van der Waals surface area contributed by atoms with Gasteiger partial charge in [-0.3, -0.25) is 4.99 Å². The van der Waals surface area contributed by atoms with Crippen LogP contribution in [0.2, 0.25) is 0 Å². The van der Waals surface area contributed by atoms with E-state index in [0.29, 0.717) is 13.2 Å². The van der Waals surface area contributed by atoms with Crippen molar-refractivity contribution in [3.8, 4) is 0 Å². The average Bonchev–Trinajstić information content (AvgIpc) is 2.10. The molecule has 0 N–H and O–H groups in total. The molecule has 2 nitrogen and oxygen atoms in total. The molecule has 0 radical (unpaired) electrons. The van der Waals surface area contributed by atoms with Gasteiger partial charge in [-0.15, -0.1) is 0 Å². The predicted molar refractivity (Wildman–Crippen MR) is 53.8 cm³/mol. The third-order valence-corrected chi connectivity index (χ3v) is 1.49. The summed E-state index contributed by atoms with van der Waals surface area (Å²) in [6.45, 7) is 6.89. The van der Waals surface area contributed by atoms with E-state index in [1.165, 1.54) is 5.57 Å². The molecule has 0 aliphatic rings. The number of methoxy groups -OCH3 is 1. The Balaban J connectivity index is 3.83. The van der Waals surface area contributed by atoms with Gasteiger partial charge in [-0.05, 0) is 18.7 Å². The van der Waals surface area contributed by atoms with Crippen LogP contribution in [0.15, 0.2) is 28.8 Å². The van der Waals surface area contributed by atoms with Gasteiger partial charge in [-0.25, -0.2) is 0 Å². The highest BCUT2D eigenvalue weighted by molar-refractivity contribution is 5.24. The molecule has 0 rings (SSSR count). The normalized spacial score (nSPS) is 12.3. The monoisotopic (exact) mass is 167 g/mol.